The van der Waals surface area contributed by atoms with Gasteiger partial charge in [-0.25, -0.2) is 9.37 Å². The van der Waals surface area contributed by atoms with Crippen LogP contribution >= 0.6 is 11.8 Å². The van der Waals surface area contributed by atoms with E-state index in [9.17, 15) is 4.39 Å². The minimum Gasteiger partial charge on any atom is -0.324 e. The number of aromatic nitrogens is 4. The van der Waals surface area contributed by atoms with Gasteiger partial charge in [0.25, 0.3) is 0 Å². The Morgan fingerprint density at radius 1 is 1.08 bits per heavy atom. The number of rotatable bonds is 6. The molecule has 0 bridgehead atoms. The number of fused-ring (bicyclic) bond motifs is 3. The Hall–Kier alpha value is -2.47. The third-order valence-electron chi connectivity index (χ3n) is 4.32. The summed E-state index contributed by atoms with van der Waals surface area (Å²) in [6, 6.07) is 15.2. The van der Waals surface area contributed by atoms with Crippen LogP contribution in [-0.2, 0) is 13.0 Å². The second-order valence-electron chi connectivity index (χ2n) is 6.16. The number of nitrogens with zero attached hydrogens (tertiary/aromatic N) is 4. The maximum Gasteiger partial charge on any atom is 0.211 e. The lowest BCUT2D eigenvalue weighted by Gasteiger charge is -2.05. The predicted octanol–water partition coefficient (Wildman–Crippen LogP) is 4.86. The zero-order valence-corrected chi connectivity index (χ0v) is 15.3. The van der Waals surface area contributed by atoms with Crippen molar-refractivity contribution in [3.8, 4) is 0 Å². The molecule has 0 fully saturated rings. The molecule has 132 valence electrons. The van der Waals surface area contributed by atoms with Crippen LogP contribution in [0.4, 0.5) is 4.39 Å². The molecule has 4 nitrogen and oxygen atoms in total. The van der Waals surface area contributed by atoms with Crippen LogP contribution in [0, 0.1) is 5.82 Å². The van der Waals surface area contributed by atoms with Crippen molar-refractivity contribution >= 4 is 33.8 Å². The van der Waals surface area contributed by atoms with Crippen LogP contribution in [0.5, 0.6) is 0 Å². The molecule has 2 heterocycles. The quantitative estimate of drug-likeness (QED) is 0.457. The molecule has 4 rings (SSSR count). The van der Waals surface area contributed by atoms with Gasteiger partial charge < -0.3 is 4.57 Å². The minimum atomic E-state index is -0.267. The fourth-order valence-electron chi connectivity index (χ4n) is 3.13. The van der Waals surface area contributed by atoms with Crippen LogP contribution in [0.2, 0.25) is 0 Å². The Labute approximate surface area is 155 Å². The van der Waals surface area contributed by atoms with Gasteiger partial charge in [-0.2, -0.15) is 0 Å². The normalized spacial score (nSPS) is 11.5. The highest BCUT2D eigenvalue weighted by Gasteiger charge is 2.15. The molecule has 0 amide bonds. The largest absolute Gasteiger partial charge is 0.324 e. The van der Waals surface area contributed by atoms with E-state index in [2.05, 4.69) is 33.8 Å². The molecule has 0 unspecified atom stereocenters. The third-order valence-corrected chi connectivity index (χ3v) is 5.16. The third kappa shape index (κ3) is 3.29. The topological polar surface area (TPSA) is 43.6 Å². The lowest BCUT2D eigenvalue weighted by molar-refractivity contribution is 0.629. The molecule has 6 heteroatoms. The van der Waals surface area contributed by atoms with Gasteiger partial charge in [0, 0.05) is 17.7 Å². The van der Waals surface area contributed by atoms with E-state index in [0.717, 1.165) is 41.7 Å². The summed E-state index contributed by atoms with van der Waals surface area (Å²) in [5, 5.41) is 10.0. The van der Waals surface area contributed by atoms with Gasteiger partial charge in [-0.15, -0.1) is 10.2 Å². The second kappa shape index (κ2) is 7.41. The van der Waals surface area contributed by atoms with Gasteiger partial charge in [0.15, 0.2) is 5.65 Å². The van der Waals surface area contributed by atoms with E-state index in [-0.39, 0.29) is 5.82 Å². The molecule has 0 atom stereocenters. The molecular weight excluding hydrogens is 347 g/mol. The van der Waals surface area contributed by atoms with E-state index in [1.165, 1.54) is 17.7 Å². The van der Waals surface area contributed by atoms with Crippen LogP contribution in [-0.4, -0.2) is 25.5 Å². The fraction of sp³-hybridized carbons (Fsp3) is 0.250. The second-order valence-corrected chi connectivity index (χ2v) is 7.23. The summed E-state index contributed by atoms with van der Waals surface area (Å²) in [6.45, 7) is 2.93. The average molecular weight is 366 g/mol. The molecule has 2 aromatic heterocycles. The molecule has 0 spiro atoms. The molecule has 0 saturated heterocycles. The summed E-state index contributed by atoms with van der Waals surface area (Å²) < 4.78 is 15.8. The van der Waals surface area contributed by atoms with Crippen molar-refractivity contribution in [2.75, 3.05) is 5.75 Å². The highest BCUT2D eigenvalue weighted by atomic mass is 32.2. The number of hydrogen-bond donors (Lipinski definition) is 0. The van der Waals surface area contributed by atoms with Crippen molar-refractivity contribution in [1.29, 1.82) is 0 Å². The lowest BCUT2D eigenvalue weighted by Crippen LogP contribution is -2.00. The highest BCUT2D eigenvalue weighted by Crippen LogP contribution is 2.28. The van der Waals surface area contributed by atoms with E-state index in [1.54, 1.807) is 17.8 Å². The van der Waals surface area contributed by atoms with Crippen LogP contribution in [0.15, 0.2) is 53.7 Å². The minimum absolute atomic E-state index is 0.267. The first-order chi connectivity index (χ1) is 12.8. The standard InChI is InChI=1S/C20H19FN4S/c1-2-11-25-17-9-8-15(21)13-16(17)18-19(25)22-20(24-23-18)26-12-10-14-6-4-3-5-7-14/h3-9,13H,2,10-12H2,1H3. The van der Waals surface area contributed by atoms with Crippen molar-refractivity contribution in [3.63, 3.8) is 0 Å². The smallest absolute Gasteiger partial charge is 0.211 e. The number of hydrogen-bond acceptors (Lipinski definition) is 4. The van der Waals surface area contributed by atoms with Gasteiger partial charge in [0.05, 0.1) is 5.52 Å². The average Bonchev–Trinajstić information content (AvgIpc) is 2.96. The van der Waals surface area contributed by atoms with E-state index >= 15 is 0 Å². The highest BCUT2D eigenvalue weighted by molar-refractivity contribution is 7.99. The maximum absolute atomic E-state index is 13.7. The van der Waals surface area contributed by atoms with Crippen LogP contribution < -0.4 is 0 Å². The van der Waals surface area contributed by atoms with Crippen LogP contribution in [0.1, 0.15) is 18.9 Å². The summed E-state index contributed by atoms with van der Waals surface area (Å²) in [7, 11) is 0. The lowest BCUT2D eigenvalue weighted by atomic mass is 10.2. The number of halogens is 1. The molecule has 2 aromatic carbocycles. The van der Waals surface area contributed by atoms with Crippen LogP contribution in [0.3, 0.4) is 0 Å². The van der Waals surface area contributed by atoms with Crippen LogP contribution in [0.25, 0.3) is 22.1 Å². The first kappa shape index (κ1) is 17.0. The molecule has 26 heavy (non-hydrogen) atoms. The first-order valence-corrected chi connectivity index (χ1v) is 9.73. The van der Waals surface area contributed by atoms with Crippen molar-refractivity contribution in [2.24, 2.45) is 0 Å². The van der Waals surface area contributed by atoms with Gasteiger partial charge in [0.2, 0.25) is 5.16 Å². The predicted molar refractivity (Wildman–Crippen MR) is 104 cm³/mol. The number of thioether (sulfide) groups is 1. The van der Waals surface area contributed by atoms with E-state index in [1.807, 2.05) is 18.2 Å². The summed E-state index contributed by atoms with van der Waals surface area (Å²) in [6.07, 6.45) is 1.92. The summed E-state index contributed by atoms with van der Waals surface area (Å²) >= 11 is 1.60. The zero-order valence-electron chi connectivity index (χ0n) is 14.5. The van der Waals surface area contributed by atoms with Gasteiger partial charge in [0.1, 0.15) is 11.3 Å². The molecule has 0 aliphatic heterocycles. The Morgan fingerprint density at radius 3 is 2.73 bits per heavy atom. The molecule has 0 N–H and O–H groups in total. The van der Waals surface area contributed by atoms with Crippen molar-refractivity contribution < 1.29 is 4.39 Å². The SMILES string of the molecule is CCCn1c2ccc(F)cc2c2nnc(SCCc3ccccc3)nc21. The monoisotopic (exact) mass is 366 g/mol. The molecular formula is C20H19FN4S. The molecule has 0 aliphatic rings. The number of benzene rings is 2. The summed E-state index contributed by atoms with van der Waals surface area (Å²) in [5.41, 5.74) is 3.70. The molecule has 0 radical (unpaired) electrons. The van der Waals surface area contributed by atoms with Gasteiger partial charge in [-0.05, 0) is 36.6 Å². The Morgan fingerprint density at radius 2 is 1.92 bits per heavy atom. The van der Waals surface area contributed by atoms with Crippen molar-refractivity contribution in [1.82, 2.24) is 19.7 Å². The summed E-state index contributed by atoms with van der Waals surface area (Å²) in [4.78, 5) is 4.72. The fourth-order valence-corrected chi connectivity index (χ4v) is 3.90. The van der Waals surface area contributed by atoms with Crippen molar-refractivity contribution in [2.45, 2.75) is 31.5 Å². The zero-order chi connectivity index (χ0) is 17.9. The van der Waals surface area contributed by atoms with Crippen molar-refractivity contribution in [3.05, 3.63) is 59.9 Å². The van der Waals surface area contributed by atoms with E-state index in [4.69, 9.17) is 4.98 Å². The molecule has 4 aromatic rings. The van der Waals surface area contributed by atoms with Gasteiger partial charge >= 0.3 is 0 Å². The molecule has 0 aliphatic carbocycles. The summed E-state index contributed by atoms with van der Waals surface area (Å²) in [5.74, 6) is 0.621. The van der Waals surface area contributed by atoms with E-state index < -0.39 is 0 Å². The van der Waals surface area contributed by atoms with Gasteiger partial charge in [-0.1, -0.05) is 49.0 Å². The first-order valence-electron chi connectivity index (χ1n) is 8.75. The Balaban J connectivity index is 1.65. The Bertz CT molecular complexity index is 1050. The number of aryl methyl sites for hydroxylation is 2. The van der Waals surface area contributed by atoms with E-state index in [0.29, 0.717) is 10.7 Å². The Kier molecular flexibility index (Phi) is 4.84. The maximum atomic E-state index is 13.7. The van der Waals surface area contributed by atoms with Gasteiger partial charge in [-0.3, -0.25) is 0 Å². The molecule has 0 saturated carbocycles.